The molecule has 0 amide bonds. The molecule has 0 fully saturated rings. The molecule has 0 spiro atoms. The first kappa shape index (κ1) is 9.22. The molecule has 0 aromatic rings. The molecule has 0 atom stereocenters. The Labute approximate surface area is 62.3 Å². The van der Waals surface area contributed by atoms with Crippen molar-refractivity contribution in [1.29, 1.82) is 0 Å². The third-order valence-corrected chi connectivity index (χ3v) is 1.13. The second-order valence-corrected chi connectivity index (χ2v) is 2.16. The Hall–Kier alpha value is -0.780. The highest BCUT2D eigenvalue weighted by molar-refractivity contribution is 5.13. The van der Waals surface area contributed by atoms with Crippen molar-refractivity contribution in [3.63, 3.8) is 0 Å². The molecule has 0 radical (unpaired) electrons. The van der Waals surface area contributed by atoms with Crippen LogP contribution in [-0.4, -0.2) is 6.17 Å². The summed E-state index contributed by atoms with van der Waals surface area (Å²) in [6, 6.07) is 0. The topological polar surface area (TPSA) is 52.0 Å². The molecule has 0 saturated carbocycles. The first-order valence-electron chi connectivity index (χ1n) is 3.28. The molecule has 0 bridgehead atoms. The van der Waals surface area contributed by atoms with Gasteiger partial charge in [-0.25, -0.2) is 0 Å². The summed E-state index contributed by atoms with van der Waals surface area (Å²) < 4.78 is 0. The SMILES string of the molecule is C/C=C(/C)CC#CC(N)N. The number of hydrogen-bond donors (Lipinski definition) is 2. The lowest BCUT2D eigenvalue weighted by Gasteiger charge is -1.90. The van der Waals surface area contributed by atoms with Crippen molar-refractivity contribution < 1.29 is 0 Å². The molecule has 2 heteroatoms. The summed E-state index contributed by atoms with van der Waals surface area (Å²) in [5.74, 6) is 5.54. The van der Waals surface area contributed by atoms with E-state index in [-0.39, 0.29) is 0 Å². The zero-order valence-electron chi connectivity index (χ0n) is 6.52. The van der Waals surface area contributed by atoms with Crippen LogP contribution in [0.2, 0.25) is 0 Å². The van der Waals surface area contributed by atoms with E-state index in [1.54, 1.807) is 0 Å². The van der Waals surface area contributed by atoms with Gasteiger partial charge in [-0.1, -0.05) is 23.5 Å². The third-order valence-electron chi connectivity index (χ3n) is 1.13. The molecule has 4 N–H and O–H groups in total. The fraction of sp³-hybridized carbons (Fsp3) is 0.500. The van der Waals surface area contributed by atoms with E-state index in [2.05, 4.69) is 11.8 Å². The molecule has 0 heterocycles. The van der Waals surface area contributed by atoms with Gasteiger partial charge in [-0.05, 0) is 13.8 Å². The first-order chi connectivity index (χ1) is 4.66. The smallest absolute Gasteiger partial charge is 0.116 e. The molecule has 56 valence electrons. The maximum Gasteiger partial charge on any atom is 0.116 e. The zero-order valence-corrected chi connectivity index (χ0v) is 6.52. The lowest BCUT2D eigenvalue weighted by molar-refractivity contribution is 0.905. The molecular weight excluding hydrogens is 124 g/mol. The van der Waals surface area contributed by atoms with Gasteiger partial charge in [0.2, 0.25) is 0 Å². The van der Waals surface area contributed by atoms with Crippen molar-refractivity contribution in [2.24, 2.45) is 11.5 Å². The van der Waals surface area contributed by atoms with Gasteiger partial charge >= 0.3 is 0 Å². The Kier molecular flexibility index (Phi) is 4.65. The maximum absolute atomic E-state index is 5.20. The van der Waals surface area contributed by atoms with E-state index in [9.17, 15) is 0 Å². The van der Waals surface area contributed by atoms with E-state index in [0.717, 1.165) is 6.42 Å². The molecule has 0 rings (SSSR count). The average molecular weight is 138 g/mol. The van der Waals surface area contributed by atoms with Crippen LogP contribution in [-0.2, 0) is 0 Å². The fourth-order valence-corrected chi connectivity index (χ4v) is 0.410. The fourth-order valence-electron chi connectivity index (χ4n) is 0.410. The Bertz CT molecular complexity index is 169. The maximum atomic E-state index is 5.20. The zero-order chi connectivity index (χ0) is 7.98. The highest BCUT2D eigenvalue weighted by Crippen LogP contribution is 1.95. The van der Waals surface area contributed by atoms with Crippen LogP contribution in [0.25, 0.3) is 0 Å². The van der Waals surface area contributed by atoms with Crippen LogP contribution in [0.5, 0.6) is 0 Å². The van der Waals surface area contributed by atoms with Crippen LogP contribution in [0.15, 0.2) is 11.6 Å². The summed E-state index contributed by atoms with van der Waals surface area (Å²) in [6.07, 6.45) is 2.29. The van der Waals surface area contributed by atoms with E-state index in [1.165, 1.54) is 5.57 Å². The van der Waals surface area contributed by atoms with Crippen molar-refractivity contribution in [1.82, 2.24) is 0 Å². The predicted octanol–water partition coefficient (Wildman–Crippen LogP) is 0.590. The Balaban J connectivity index is 3.66. The van der Waals surface area contributed by atoms with Crippen LogP contribution in [0.3, 0.4) is 0 Å². The molecule has 0 aliphatic rings. The van der Waals surface area contributed by atoms with Gasteiger partial charge in [-0.2, -0.15) is 0 Å². The van der Waals surface area contributed by atoms with Gasteiger partial charge in [0.1, 0.15) is 6.17 Å². The molecule has 2 nitrogen and oxygen atoms in total. The standard InChI is InChI=1S/C8H14N2/c1-3-7(2)5-4-6-8(9)10/h3,8H,5,9-10H2,1-2H3/b7-3-. The Morgan fingerprint density at radius 2 is 2.20 bits per heavy atom. The van der Waals surface area contributed by atoms with Gasteiger partial charge in [0.25, 0.3) is 0 Å². The number of rotatable bonds is 1. The Morgan fingerprint density at radius 1 is 1.60 bits per heavy atom. The summed E-state index contributed by atoms with van der Waals surface area (Å²) in [6.45, 7) is 4.01. The summed E-state index contributed by atoms with van der Waals surface area (Å²) in [7, 11) is 0. The first-order valence-corrected chi connectivity index (χ1v) is 3.28. The number of hydrogen-bond acceptors (Lipinski definition) is 2. The van der Waals surface area contributed by atoms with E-state index in [1.807, 2.05) is 19.9 Å². The van der Waals surface area contributed by atoms with Crippen LogP contribution < -0.4 is 11.5 Å². The molecule has 0 unspecified atom stereocenters. The number of allylic oxidation sites excluding steroid dienone is 2. The van der Waals surface area contributed by atoms with Crippen molar-refractivity contribution in [2.45, 2.75) is 26.4 Å². The van der Waals surface area contributed by atoms with Gasteiger partial charge in [0, 0.05) is 6.42 Å². The summed E-state index contributed by atoms with van der Waals surface area (Å²) in [5, 5.41) is 0. The van der Waals surface area contributed by atoms with Crippen LogP contribution in [0, 0.1) is 11.8 Å². The van der Waals surface area contributed by atoms with Crippen molar-refractivity contribution in [3.8, 4) is 11.8 Å². The summed E-state index contributed by atoms with van der Waals surface area (Å²) in [4.78, 5) is 0. The van der Waals surface area contributed by atoms with Crippen molar-refractivity contribution in [2.75, 3.05) is 0 Å². The highest BCUT2D eigenvalue weighted by Gasteiger charge is 1.82. The van der Waals surface area contributed by atoms with Gasteiger partial charge in [0.05, 0.1) is 0 Å². The quantitative estimate of drug-likeness (QED) is 0.316. The van der Waals surface area contributed by atoms with Crippen LogP contribution >= 0.6 is 0 Å². The molecule has 0 aliphatic carbocycles. The molecule has 0 aromatic carbocycles. The third kappa shape index (κ3) is 5.36. The monoisotopic (exact) mass is 138 g/mol. The van der Waals surface area contributed by atoms with E-state index in [4.69, 9.17) is 11.5 Å². The Morgan fingerprint density at radius 3 is 2.60 bits per heavy atom. The summed E-state index contributed by atoms with van der Waals surface area (Å²) >= 11 is 0. The average Bonchev–Trinajstić information content (AvgIpc) is 1.87. The lowest BCUT2D eigenvalue weighted by Crippen LogP contribution is -2.27. The van der Waals surface area contributed by atoms with Gasteiger partial charge in [-0.3, -0.25) is 0 Å². The van der Waals surface area contributed by atoms with Crippen molar-refractivity contribution in [3.05, 3.63) is 11.6 Å². The lowest BCUT2D eigenvalue weighted by atomic mass is 10.2. The minimum absolute atomic E-state index is 0.496. The normalized spacial score (nSPS) is 11.1. The molecule has 0 saturated heterocycles. The second-order valence-electron chi connectivity index (χ2n) is 2.16. The predicted molar refractivity (Wildman–Crippen MR) is 44.0 cm³/mol. The largest absolute Gasteiger partial charge is 0.306 e. The highest BCUT2D eigenvalue weighted by atomic mass is 14.8. The van der Waals surface area contributed by atoms with Gasteiger partial charge in [-0.15, -0.1) is 0 Å². The van der Waals surface area contributed by atoms with E-state index < -0.39 is 6.17 Å². The van der Waals surface area contributed by atoms with Gasteiger partial charge in [0.15, 0.2) is 0 Å². The molecular formula is C8H14N2. The number of nitrogens with two attached hydrogens (primary N) is 2. The van der Waals surface area contributed by atoms with Crippen LogP contribution in [0.4, 0.5) is 0 Å². The molecule has 10 heavy (non-hydrogen) atoms. The molecule has 0 aromatic heterocycles. The minimum atomic E-state index is -0.496. The van der Waals surface area contributed by atoms with Crippen molar-refractivity contribution >= 4 is 0 Å². The van der Waals surface area contributed by atoms with Crippen LogP contribution in [0.1, 0.15) is 20.3 Å². The second kappa shape index (κ2) is 5.04. The minimum Gasteiger partial charge on any atom is -0.306 e. The molecule has 0 aliphatic heterocycles. The summed E-state index contributed by atoms with van der Waals surface area (Å²) in [5.41, 5.74) is 11.7. The van der Waals surface area contributed by atoms with E-state index >= 15 is 0 Å². The van der Waals surface area contributed by atoms with Gasteiger partial charge < -0.3 is 11.5 Å². The van der Waals surface area contributed by atoms with E-state index in [0.29, 0.717) is 0 Å².